The lowest BCUT2D eigenvalue weighted by atomic mass is 10.4. The predicted molar refractivity (Wildman–Crippen MR) is 53.7 cm³/mol. The van der Waals surface area contributed by atoms with E-state index in [4.69, 9.17) is 14.0 Å². The summed E-state index contributed by atoms with van der Waals surface area (Å²) in [4.78, 5) is 15.0. The molecule has 0 atom stereocenters. The highest BCUT2D eigenvalue weighted by Gasteiger charge is 2.02. The Morgan fingerprint density at radius 2 is 2.44 bits per heavy atom. The van der Waals surface area contributed by atoms with Crippen LogP contribution in [0.5, 0.6) is 0 Å². The average Bonchev–Trinajstić information content (AvgIpc) is 2.77. The van der Waals surface area contributed by atoms with Gasteiger partial charge in [0.15, 0.2) is 6.33 Å². The molecule has 1 rings (SSSR count). The van der Waals surface area contributed by atoms with Gasteiger partial charge in [0, 0.05) is 20.1 Å². The maximum absolute atomic E-state index is 11.2. The van der Waals surface area contributed by atoms with Gasteiger partial charge in [0.1, 0.15) is 6.61 Å². The maximum atomic E-state index is 11.2. The Balaban J connectivity index is 1.98. The van der Waals surface area contributed by atoms with Crippen LogP contribution in [0.3, 0.4) is 0 Å². The molecule has 1 amide bonds. The summed E-state index contributed by atoms with van der Waals surface area (Å²) < 4.78 is 14.6. The molecule has 0 unspecified atom stereocenters. The third-order valence-corrected chi connectivity index (χ3v) is 1.73. The van der Waals surface area contributed by atoms with Crippen LogP contribution >= 0.6 is 0 Å². The second kappa shape index (κ2) is 7.77. The normalized spacial score (nSPS) is 10.3. The molecule has 16 heavy (non-hydrogen) atoms. The maximum Gasteiger partial charge on any atom is 0.246 e. The minimum Gasteiger partial charge on any atom is -0.382 e. The number of nitrogens with zero attached hydrogens (tertiary/aromatic N) is 2. The van der Waals surface area contributed by atoms with Crippen LogP contribution in [0.1, 0.15) is 5.89 Å². The molecule has 0 saturated carbocycles. The number of ether oxygens (including phenoxy) is 2. The van der Waals surface area contributed by atoms with Gasteiger partial charge < -0.3 is 19.3 Å². The van der Waals surface area contributed by atoms with Crippen LogP contribution < -0.4 is 5.32 Å². The minimum atomic E-state index is -0.171. The number of methoxy groups -OCH3 is 1. The molecular weight excluding hydrogens is 214 g/mol. The van der Waals surface area contributed by atoms with E-state index in [-0.39, 0.29) is 12.5 Å². The predicted octanol–water partition coefficient (Wildman–Crippen LogP) is -0.609. The highest BCUT2D eigenvalue weighted by Crippen LogP contribution is 1.90. The van der Waals surface area contributed by atoms with Crippen molar-refractivity contribution in [3.8, 4) is 0 Å². The summed E-state index contributed by atoms with van der Waals surface area (Å²) in [6, 6.07) is 0. The van der Waals surface area contributed by atoms with Gasteiger partial charge in [-0.15, -0.1) is 0 Å². The Morgan fingerprint density at radius 3 is 3.12 bits per heavy atom. The molecule has 7 nitrogen and oxygen atoms in total. The number of aromatic nitrogens is 2. The van der Waals surface area contributed by atoms with Crippen molar-refractivity contribution in [2.45, 2.75) is 6.42 Å². The van der Waals surface area contributed by atoms with Gasteiger partial charge in [0.2, 0.25) is 11.8 Å². The van der Waals surface area contributed by atoms with Crippen LogP contribution in [0.4, 0.5) is 0 Å². The molecule has 7 heteroatoms. The SMILES string of the molecule is COCCOCC(=O)NCCc1ncno1. The summed E-state index contributed by atoms with van der Waals surface area (Å²) in [5, 5.41) is 6.12. The number of amides is 1. The Bertz CT molecular complexity index is 289. The van der Waals surface area contributed by atoms with Crippen LogP contribution in [-0.4, -0.2) is 49.5 Å². The number of rotatable bonds is 8. The van der Waals surface area contributed by atoms with Gasteiger partial charge in [-0.3, -0.25) is 4.79 Å². The molecule has 1 N–H and O–H groups in total. The molecule has 0 aliphatic heterocycles. The molecule has 0 bridgehead atoms. The van der Waals surface area contributed by atoms with Crippen molar-refractivity contribution < 1.29 is 18.8 Å². The van der Waals surface area contributed by atoms with Gasteiger partial charge in [0.25, 0.3) is 0 Å². The van der Waals surface area contributed by atoms with Gasteiger partial charge >= 0.3 is 0 Å². The molecule has 0 aromatic carbocycles. The van der Waals surface area contributed by atoms with E-state index in [1.54, 1.807) is 7.11 Å². The van der Waals surface area contributed by atoms with E-state index in [9.17, 15) is 4.79 Å². The van der Waals surface area contributed by atoms with Crippen molar-refractivity contribution in [2.24, 2.45) is 0 Å². The molecule has 1 aromatic rings. The summed E-state index contributed by atoms with van der Waals surface area (Å²) in [6.07, 6.45) is 1.84. The Labute approximate surface area is 93.1 Å². The molecular formula is C9H15N3O4. The molecule has 0 aliphatic carbocycles. The lowest BCUT2D eigenvalue weighted by Gasteiger charge is -2.04. The molecule has 1 aromatic heterocycles. The first-order valence-electron chi connectivity index (χ1n) is 4.92. The zero-order chi connectivity index (χ0) is 11.6. The van der Waals surface area contributed by atoms with E-state index in [0.717, 1.165) is 0 Å². The topological polar surface area (TPSA) is 86.5 Å². The fraction of sp³-hybridized carbons (Fsp3) is 0.667. The van der Waals surface area contributed by atoms with Crippen LogP contribution in [-0.2, 0) is 20.7 Å². The number of carbonyl (C=O) groups excluding carboxylic acids is 1. The van der Waals surface area contributed by atoms with Crippen molar-refractivity contribution in [1.82, 2.24) is 15.5 Å². The van der Waals surface area contributed by atoms with Crippen LogP contribution in [0, 0.1) is 0 Å². The van der Waals surface area contributed by atoms with Crippen LogP contribution in [0.15, 0.2) is 10.9 Å². The van der Waals surface area contributed by atoms with Crippen LogP contribution in [0.25, 0.3) is 0 Å². The third kappa shape index (κ3) is 5.42. The summed E-state index contributed by atoms with van der Waals surface area (Å²) in [6.45, 7) is 1.38. The minimum absolute atomic E-state index is 0.0349. The van der Waals surface area contributed by atoms with Crippen LogP contribution in [0.2, 0.25) is 0 Å². The van der Waals surface area contributed by atoms with Gasteiger partial charge in [-0.2, -0.15) is 4.98 Å². The third-order valence-electron chi connectivity index (χ3n) is 1.73. The Morgan fingerprint density at radius 1 is 1.56 bits per heavy atom. The first kappa shape index (κ1) is 12.6. The van der Waals surface area contributed by atoms with E-state index in [1.165, 1.54) is 6.33 Å². The van der Waals surface area contributed by atoms with E-state index in [2.05, 4.69) is 15.5 Å². The second-order valence-electron chi connectivity index (χ2n) is 2.98. The molecule has 0 fully saturated rings. The largest absolute Gasteiger partial charge is 0.382 e. The highest BCUT2D eigenvalue weighted by molar-refractivity contribution is 5.77. The first-order valence-corrected chi connectivity index (χ1v) is 4.92. The lowest BCUT2D eigenvalue weighted by molar-refractivity contribution is -0.126. The Kier molecular flexibility index (Phi) is 6.12. The molecule has 1 heterocycles. The van der Waals surface area contributed by atoms with Gasteiger partial charge in [-0.05, 0) is 0 Å². The summed E-state index contributed by atoms with van der Waals surface area (Å²) in [5.41, 5.74) is 0. The number of carbonyl (C=O) groups is 1. The summed E-state index contributed by atoms with van der Waals surface area (Å²) >= 11 is 0. The smallest absolute Gasteiger partial charge is 0.246 e. The molecule has 0 aliphatic rings. The van der Waals surface area contributed by atoms with Crippen molar-refractivity contribution in [2.75, 3.05) is 33.5 Å². The molecule has 90 valence electrons. The highest BCUT2D eigenvalue weighted by atomic mass is 16.5. The number of hydrogen-bond acceptors (Lipinski definition) is 6. The van der Waals surface area contributed by atoms with E-state index >= 15 is 0 Å². The van der Waals surface area contributed by atoms with Crippen molar-refractivity contribution in [3.05, 3.63) is 12.2 Å². The van der Waals surface area contributed by atoms with E-state index in [1.807, 2.05) is 0 Å². The molecule has 0 radical (unpaired) electrons. The number of hydrogen-bond donors (Lipinski definition) is 1. The quantitative estimate of drug-likeness (QED) is 0.598. The molecule has 0 saturated heterocycles. The second-order valence-corrected chi connectivity index (χ2v) is 2.98. The first-order chi connectivity index (χ1) is 7.83. The zero-order valence-electron chi connectivity index (χ0n) is 9.14. The zero-order valence-corrected chi connectivity index (χ0v) is 9.14. The van der Waals surface area contributed by atoms with Gasteiger partial charge in [-0.1, -0.05) is 5.16 Å². The van der Waals surface area contributed by atoms with Crippen molar-refractivity contribution in [3.63, 3.8) is 0 Å². The fourth-order valence-electron chi connectivity index (χ4n) is 0.973. The van der Waals surface area contributed by atoms with Gasteiger partial charge in [-0.25, -0.2) is 0 Å². The monoisotopic (exact) mass is 229 g/mol. The summed E-state index contributed by atoms with van der Waals surface area (Å²) in [5.74, 6) is 0.330. The van der Waals surface area contributed by atoms with E-state index < -0.39 is 0 Å². The Hall–Kier alpha value is -1.47. The van der Waals surface area contributed by atoms with Gasteiger partial charge in [0.05, 0.1) is 13.2 Å². The molecule has 0 spiro atoms. The number of nitrogens with one attached hydrogen (secondary N) is 1. The lowest BCUT2D eigenvalue weighted by Crippen LogP contribution is -2.30. The van der Waals surface area contributed by atoms with Crippen molar-refractivity contribution in [1.29, 1.82) is 0 Å². The van der Waals surface area contributed by atoms with E-state index in [0.29, 0.717) is 32.1 Å². The standard InChI is InChI=1S/C9H15N3O4/c1-14-4-5-15-6-8(13)10-3-2-9-11-7-12-16-9/h7H,2-6H2,1H3,(H,10,13). The average molecular weight is 229 g/mol. The fourth-order valence-corrected chi connectivity index (χ4v) is 0.973. The van der Waals surface area contributed by atoms with Crippen molar-refractivity contribution >= 4 is 5.91 Å². The summed E-state index contributed by atoms with van der Waals surface area (Å²) in [7, 11) is 1.58.